The second-order valence-electron chi connectivity index (χ2n) is 6.67. The van der Waals surface area contributed by atoms with Gasteiger partial charge in [-0.3, -0.25) is 9.69 Å². The van der Waals surface area contributed by atoms with Crippen LogP contribution in [0, 0.1) is 5.41 Å². The molecule has 3 nitrogen and oxygen atoms in total. The fourth-order valence-electron chi connectivity index (χ4n) is 3.67. The maximum Gasteiger partial charge on any atom is 0.313 e. The van der Waals surface area contributed by atoms with Gasteiger partial charge in [0.15, 0.2) is 0 Å². The summed E-state index contributed by atoms with van der Waals surface area (Å²) in [5.74, 6) is -0.0658. The van der Waals surface area contributed by atoms with Crippen LogP contribution in [0.2, 0.25) is 5.02 Å². The van der Waals surface area contributed by atoms with E-state index in [1.807, 2.05) is 49.4 Å². The lowest BCUT2D eigenvalue weighted by Crippen LogP contribution is -2.36. The summed E-state index contributed by atoms with van der Waals surface area (Å²) < 4.78 is 5.12. The predicted molar refractivity (Wildman–Crippen MR) is 96.0 cm³/mol. The van der Waals surface area contributed by atoms with E-state index in [1.165, 1.54) is 12.7 Å². The van der Waals surface area contributed by atoms with Crippen molar-refractivity contribution >= 4 is 17.6 Å². The number of benzene rings is 2. The predicted octanol–water partition coefficient (Wildman–Crippen LogP) is 4.12. The van der Waals surface area contributed by atoms with Gasteiger partial charge in [-0.25, -0.2) is 0 Å². The number of esters is 1. The molecule has 1 aliphatic rings. The van der Waals surface area contributed by atoms with Gasteiger partial charge in [-0.05, 0) is 30.2 Å². The molecule has 1 saturated heterocycles. The summed E-state index contributed by atoms with van der Waals surface area (Å²) in [6, 6.07) is 18.1. The van der Waals surface area contributed by atoms with Gasteiger partial charge in [0.05, 0.1) is 12.5 Å². The monoisotopic (exact) mass is 343 g/mol. The number of hydrogen-bond acceptors (Lipinski definition) is 3. The minimum Gasteiger partial charge on any atom is -0.469 e. The summed E-state index contributed by atoms with van der Waals surface area (Å²) in [7, 11) is 1.46. The van der Waals surface area contributed by atoms with Gasteiger partial charge < -0.3 is 4.74 Å². The van der Waals surface area contributed by atoms with Crippen molar-refractivity contribution < 1.29 is 9.53 Å². The highest BCUT2D eigenvalue weighted by molar-refractivity contribution is 6.30. The minimum atomic E-state index is -0.558. The summed E-state index contributed by atoms with van der Waals surface area (Å²) in [5, 5.41) is 0.706. The number of methoxy groups -OCH3 is 1. The maximum absolute atomic E-state index is 12.5. The third kappa shape index (κ3) is 3.33. The van der Waals surface area contributed by atoms with Crippen molar-refractivity contribution in [2.24, 2.45) is 5.41 Å². The standard InChI is InChI=1S/C20H22ClNO2/c1-20(19(23)24-2)14-22(12-15-6-4-3-5-7-15)13-18(20)16-8-10-17(21)11-9-16/h3-11,18H,12-14H2,1-2H3/t18-,20+/m1/s1. The van der Waals surface area contributed by atoms with E-state index in [0.29, 0.717) is 11.6 Å². The van der Waals surface area contributed by atoms with Crippen molar-refractivity contribution in [3.8, 4) is 0 Å². The number of hydrogen-bond donors (Lipinski definition) is 0. The Morgan fingerprint density at radius 2 is 1.88 bits per heavy atom. The van der Waals surface area contributed by atoms with Crippen LogP contribution in [0.4, 0.5) is 0 Å². The van der Waals surface area contributed by atoms with Crippen LogP contribution in [0.5, 0.6) is 0 Å². The smallest absolute Gasteiger partial charge is 0.313 e. The molecule has 1 fully saturated rings. The molecule has 0 aromatic heterocycles. The molecule has 2 aromatic rings. The molecule has 24 heavy (non-hydrogen) atoms. The van der Waals surface area contributed by atoms with E-state index < -0.39 is 5.41 Å². The number of rotatable bonds is 4. The SMILES string of the molecule is COC(=O)[C@@]1(C)CN(Cc2ccccc2)C[C@@H]1c1ccc(Cl)cc1. The zero-order valence-corrected chi connectivity index (χ0v) is 14.8. The average molecular weight is 344 g/mol. The second kappa shape index (κ2) is 6.96. The molecular formula is C20H22ClNO2. The fourth-order valence-corrected chi connectivity index (χ4v) is 3.80. The molecular weight excluding hydrogens is 322 g/mol. The highest BCUT2D eigenvalue weighted by Gasteiger charge is 2.49. The zero-order valence-electron chi connectivity index (χ0n) is 14.0. The van der Waals surface area contributed by atoms with Crippen molar-refractivity contribution in [1.82, 2.24) is 4.90 Å². The molecule has 0 bridgehead atoms. The molecule has 1 aliphatic heterocycles. The first-order chi connectivity index (χ1) is 11.5. The molecule has 2 aromatic carbocycles. The molecule has 0 unspecified atom stereocenters. The van der Waals surface area contributed by atoms with Crippen LogP contribution in [-0.4, -0.2) is 31.1 Å². The molecule has 0 N–H and O–H groups in total. The van der Waals surface area contributed by atoms with Gasteiger partial charge in [-0.2, -0.15) is 0 Å². The van der Waals surface area contributed by atoms with Crippen LogP contribution in [0.1, 0.15) is 24.0 Å². The van der Waals surface area contributed by atoms with Gasteiger partial charge in [0.2, 0.25) is 0 Å². The Morgan fingerprint density at radius 1 is 1.21 bits per heavy atom. The molecule has 0 amide bonds. The van der Waals surface area contributed by atoms with E-state index >= 15 is 0 Å². The van der Waals surface area contributed by atoms with E-state index in [2.05, 4.69) is 17.0 Å². The van der Waals surface area contributed by atoms with Crippen molar-refractivity contribution in [2.75, 3.05) is 20.2 Å². The normalized spacial score (nSPS) is 24.0. The summed E-state index contributed by atoms with van der Waals surface area (Å²) in [6.45, 7) is 4.34. The van der Waals surface area contributed by atoms with Crippen LogP contribution in [0.15, 0.2) is 54.6 Å². The van der Waals surface area contributed by atoms with Crippen molar-refractivity contribution in [3.05, 3.63) is 70.7 Å². The van der Waals surface area contributed by atoms with E-state index in [4.69, 9.17) is 16.3 Å². The molecule has 0 spiro atoms. The van der Waals surface area contributed by atoms with Gasteiger partial charge in [0.25, 0.3) is 0 Å². The largest absolute Gasteiger partial charge is 0.469 e. The number of ether oxygens (including phenoxy) is 1. The van der Waals surface area contributed by atoms with E-state index in [0.717, 1.165) is 18.7 Å². The lowest BCUT2D eigenvalue weighted by molar-refractivity contribution is -0.151. The van der Waals surface area contributed by atoms with E-state index in [1.54, 1.807) is 0 Å². The molecule has 126 valence electrons. The minimum absolute atomic E-state index is 0.0888. The van der Waals surface area contributed by atoms with Crippen LogP contribution in [-0.2, 0) is 16.1 Å². The fraction of sp³-hybridized carbons (Fsp3) is 0.350. The molecule has 4 heteroatoms. The lowest BCUT2D eigenvalue weighted by Gasteiger charge is -2.28. The Balaban J connectivity index is 1.87. The number of nitrogens with zero attached hydrogens (tertiary/aromatic N) is 1. The first kappa shape index (κ1) is 17.0. The summed E-state index contributed by atoms with van der Waals surface area (Å²) in [4.78, 5) is 14.8. The van der Waals surface area contributed by atoms with Gasteiger partial charge in [-0.1, -0.05) is 54.1 Å². The first-order valence-corrected chi connectivity index (χ1v) is 8.51. The van der Waals surface area contributed by atoms with E-state index in [9.17, 15) is 4.79 Å². The van der Waals surface area contributed by atoms with Gasteiger partial charge in [0, 0.05) is 30.6 Å². The molecule has 0 radical (unpaired) electrons. The lowest BCUT2D eigenvalue weighted by atomic mass is 9.76. The number of carbonyl (C=O) groups is 1. The Bertz CT molecular complexity index is 701. The first-order valence-electron chi connectivity index (χ1n) is 8.13. The van der Waals surface area contributed by atoms with Gasteiger partial charge in [0.1, 0.15) is 0 Å². The quantitative estimate of drug-likeness (QED) is 0.782. The highest BCUT2D eigenvalue weighted by atomic mass is 35.5. The molecule has 0 saturated carbocycles. The summed E-state index contributed by atoms with van der Waals surface area (Å²) in [6.07, 6.45) is 0. The van der Waals surface area contributed by atoms with Crippen LogP contribution >= 0.6 is 11.6 Å². The number of likely N-dealkylation sites (tertiary alicyclic amines) is 1. The van der Waals surface area contributed by atoms with Crippen molar-refractivity contribution in [2.45, 2.75) is 19.4 Å². The van der Waals surface area contributed by atoms with Crippen LogP contribution < -0.4 is 0 Å². The second-order valence-corrected chi connectivity index (χ2v) is 7.10. The Hall–Kier alpha value is -1.84. The maximum atomic E-state index is 12.5. The van der Waals surface area contributed by atoms with Gasteiger partial charge in [-0.15, -0.1) is 0 Å². The van der Waals surface area contributed by atoms with Crippen LogP contribution in [0.3, 0.4) is 0 Å². The Morgan fingerprint density at radius 3 is 2.50 bits per heavy atom. The molecule has 3 rings (SSSR count). The Labute approximate surface area is 148 Å². The highest BCUT2D eigenvalue weighted by Crippen LogP contribution is 2.44. The van der Waals surface area contributed by atoms with Gasteiger partial charge >= 0.3 is 5.97 Å². The number of carbonyl (C=O) groups excluding carboxylic acids is 1. The third-order valence-corrected chi connectivity index (χ3v) is 5.19. The van der Waals surface area contributed by atoms with E-state index in [-0.39, 0.29) is 11.9 Å². The zero-order chi connectivity index (χ0) is 17.2. The summed E-state index contributed by atoms with van der Waals surface area (Å²) in [5.41, 5.74) is 1.82. The summed E-state index contributed by atoms with van der Waals surface area (Å²) >= 11 is 6.01. The topological polar surface area (TPSA) is 29.5 Å². The average Bonchev–Trinajstić information content (AvgIpc) is 2.93. The van der Waals surface area contributed by atoms with Crippen molar-refractivity contribution in [1.29, 1.82) is 0 Å². The van der Waals surface area contributed by atoms with Crippen LogP contribution in [0.25, 0.3) is 0 Å². The van der Waals surface area contributed by atoms with Crippen molar-refractivity contribution in [3.63, 3.8) is 0 Å². The number of halogens is 1. The molecule has 1 heterocycles. The molecule has 2 atom stereocenters. The third-order valence-electron chi connectivity index (χ3n) is 4.94. The molecule has 0 aliphatic carbocycles. The Kier molecular flexibility index (Phi) is 4.93.